The zero-order valence-electron chi connectivity index (χ0n) is 11.6. The Hall–Kier alpha value is -2.52. The van der Waals surface area contributed by atoms with Crippen molar-refractivity contribution in [1.82, 2.24) is 9.97 Å². The molecular weight excluding hydrogens is 336 g/mol. The summed E-state index contributed by atoms with van der Waals surface area (Å²) in [6, 6.07) is 9.91. The highest BCUT2D eigenvalue weighted by molar-refractivity contribution is 7.99. The third-order valence-electron chi connectivity index (χ3n) is 2.82. The summed E-state index contributed by atoms with van der Waals surface area (Å²) in [7, 11) is 0. The number of anilines is 1. The van der Waals surface area contributed by atoms with Crippen LogP contribution in [0.25, 0.3) is 10.2 Å². The van der Waals surface area contributed by atoms with Crippen LogP contribution in [0.5, 0.6) is 0 Å². The van der Waals surface area contributed by atoms with E-state index >= 15 is 0 Å². The summed E-state index contributed by atoms with van der Waals surface area (Å²) in [5.74, 6) is 0.0156. The molecular formula is C14H10N4O3S2. The van der Waals surface area contributed by atoms with E-state index in [1.165, 1.54) is 35.2 Å². The molecule has 0 atom stereocenters. The smallest absolute Gasteiger partial charge is 0.270 e. The first-order valence-electron chi connectivity index (χ1n) is 6.50. The fourth-order valence-corrected chi connectivity index (χ4v) is 3.38. The summed E-state index contributed by atoms with van der Waals surface area (Å²) in [5.41, 5.74) is 0.623. The van der Waals surface area contributed by atoms with Gasteiger partial charge in [-0.05, 0) is 18.2 Å². The maximum absolute atomic E-state index is 11.9. The molecule has 0 aliphatic heterocycles. The molecule has 0 saturated carbocycles. The topological polar surface area (TPSA) is 98.0 Å². The number of hydrogen-bond acceptors (Lipinski definition) is 7. The van der Waals surface area contributed by atoms with Gasteiger partial charge in [0.25, 0.3) is 5.69 Å². The Morgan fingerprint density at radius 2 is 2.22 bits per heavy atom. The lowest BCUT2D eigenvalue weighted by Gasteiger charge is -2.00. The van der Waals surface area contributed by atoms with Crippen LogP contribution in [0.3, 0.4) is 0 Å². The van der Waals surface area contributed by atoms with E-state index in [2.05, 4.69) is 15.3 Å². The highest BCUT2D eigenvalue weighted by Gasteiger charge is 2.12. The standard InChI is InChI=1S/C14H10N4O3S2/c19-12(8-22-13-3-1-2-6-15-13)17-14-16-10-5-4-9(18(20)21)7-11(10)23-14/h1-7H,8H2,(H,16,17,19). The van der Waals surface area contributed by atoms with Crippen LogP contribution in [-0.2, 0) is 4.79 Å². The van der Waals surface area contributed by atoms with Crippen molar-refractivity contribution in [3.05, 3.63) is 52.7 Å². The predicted octanol–water partition coefficient (Wildman–Crippen LogP) is 3.33. The van der Waals surface area contributed by atoms with Gasteiger partial charge in [0.2, 0.25) is 5.91 Å². The second-order valence-corrected chi connectivity index (χ2v) is 6.46. The molecule has 1 N–H and O–H groups in total. The third-order valence-corrected chi connectivity index (χ3v) is 4.70. The van der Waals surface area contributed by atoms with E-state index in [0.717, 1.165) is 5.03 Å². The first-order chi connectivity index (χ1) is 11.1. The minimum Gasteiger partial charge on any atom is -0.301 e. The molecule has 1 amide bonds. The molecule has 0 fully saturated rings. The number of nitro benzene ring substituents is 1. The average Bonchev–Trinajstić information content (AvgIpc) is 2.95. The number of benzene rings is 1. The van der Waals surface area contributed by atoms with Crippen LogP contribution in [0.2, 0.25) is 0 Å². The Balaban J connectivity index is 1.66. The Bertz CT molecular complexity index is 867. The van der Waals surface area contributed by atoms with Gasteiger partial charge in [-0.1, -0.05) is 29.2 Å². The number of hydrogen-bond donors (Lipinski definition) is 1. The fraction of sp³-hybridized carbons (Fsp3) is 0.0714. The number of nitrogens with one attached hydrogen (secondary N) is 1. The van der Waals surface area contributed by atoms with Crippen molar-refractivity contribution < 1.29 is 9.72 Å². The Kier molecular flexibility index (Phi) is 4.49. The van der Waals surface area contributed by atoms with Crippen molar-refractivity contribution in [2.45, 2.75) is 5.03 Å². The molecule has 2 aromatic heterocycles. The van der Waals surface area contributed by atoms with Gasteiger partial charge < -0.3 is 5.32 Å². The number of fused-ring (bicyclic) bond motifs is 1. The number of aromatic nitrogens is 2. The van der Waals surface area contributed by atoms with E-state index in [-0.39, 0.29) is 17.3 Å². The first kappa shape index (κ1) is 15.4. The number of amides is 1. The molecule has 23 heavy (non-hydrogen) atoms. The number of pyridine rings is 1. The van der Waals surface area contributed by atoms with E-state index in [1.807, 2.05) is 18.2 Å². The average molecular weight is 346 g/mol. The molecule has 0 aliphatic carbocycles. The second kappa shape index (κ2) is 6.71. The van der Waals surface area contributed by atoms with Crippen LogP contribution in [0, 0.1) is 10.1 Å². The molecule has 0 aliphatic rings. The van der Waals surface area contributed by atoms with Gasteiger partial charge in [-0.25, -0.2) is 9.97 Å². The van der Waals surface area contributed by atoms with E-state index in [9.17, 15) is 14.9 Å². The van der Waals surface area contributed by atoms with Crippen molar-refractivity contribution >= 4 is 50.0 Å². The Labute approximate surface area is 138 Å². The van der Waals surface area contributed by atoms with Gasteiger partial charge in [0.05, 0.1) is 25.9 Å². The molecule has 0 spiro atoms. The Morgan fingerprint density at radius 1 is 1.35 bits per heavy atom. The van der Waals surface area contributed by atoms with Gasteiger partial charge in [-0.2, -0.15) is 0 Å². The number of carbonyl (C=O) groups is 1. The van der Waals surface area contributed by atoms with E-state index in [1.54, 1.807) is 12.3 Å². The maximum Gasteiger partial charge on any atom is 0.270 e. The molecule has 116 valence electrons. The van der Waals surface area contributed by atoms with Crippen LogP contribution in [0.1, 0.15) is 0 Å². The SMILES string of the molecule is O=C(CSc1ccccn1)Nc1nc2ccc([N+](=O)[O-])cc2s1. The summed E-state index contributed by atoms with van der Waals surface area (Å²) >= 11 is 2.53. The van der Waals surface area contributed by atoms with Gasteiger partial charge in [-0.3, -0.25) is 14.9 Å². The van der Waals surface area contributed by atoms with E-state index in [0.29, 0.717) is 15.3 Å². The largest absolute Gasteiger partial charge is 0.301 e. The lowest BCUT2D eigenvalue weighted by molar-refractivity contribution is -0.384. The van der Waals surface area contributed by atoms with Gasteiger partial charge in [0, 0.05) is 18.3 Å². The quantitative estimate of drug-likeness (QED) is 0.432. The van der Waals surface area contributed by atoms with E-state index in [4.69, 9.17) is 0 Å². The van der Waals surface area contributed by atoms with Crippen LogP contribution >= 0.6 is 23.1 Å². The highest BCUT2D eigenvalue weighted by atomic mass is 32.2. The molecule has 3 aromatic rings. The highest BCUT2D eigenvalue weighted by Crippen LogP contribution is 2.29. The monoisotopic (exact) mass is 346 g/mol. The summed E-state index contributed by atoms with van der Waals surface area (Å²) in [6.07, 6.45) is 1.67. The summed E-state index contributed by atoms with van der Waals surface area (Å²) in [5, 5.41) is 14.7. The number of rotatable bonds is 5. The minimum atomic E-state index is -0.457. The van der Waals surface area contributed by atoms with Crippen molar-refractivity contribution in [3.8, 4) is 0 Å². The third kappa shape index (κ3) is 3.82. The normalized spacial score (nSPS) is 10.6. The lowest BCUT2D eigenvalue weighted by Crippen LogP contribution is -2.13. The summed E-state index contributed by atoms with van der Waals surface area (Å²) in [4.78, 5) is 30.6. The fourth-order valence-electron chi connectivity index (χ4n) is 1.81. The number of nitrogens with zero attached hydrogens (tertiary/aromatic N) is 3. The van der Waals surface area contributed by atoms with Gasteiger partial charge in [0.15, 0.2) is 5.13 Å². The molecule has 0 radical (unpaired) electrons. The molecule has 2 heterocycles. The molecule has 0 bridgehead atoms. The molecule has 9 heteroatoms. The maximum atomic E-state index is 11.9. The lowest BCUT2D eigenvalue weighted by atomic mass is 10.3. The molecule has 0 saturated heterocycles. The summed E-state index contributed by atoms with van der Waals surface area (Å²) < 4.78 is 0.659. The molecule has 7 nitrogen and oxygen atoms in total. The van der Waals surface area contributed by atoms with Gasteiger partial charge in [0.1, 0.15) is 0 Å². The van der Waals surface area contributed by atoms with E-state index < -0.39 is 4.92 Å². The van der Waals surface area contributed by atoms with Crippen molar-refractivity contribution in [1.29, 1.82) is 0 Å². The first-order valence-corrected chi connectivity index (χ1v) is 8.31. The zero-order chi connectivity index (χ0) is 16.2. The van der Waals surface area contributed by atoms with Gasteiger partial charge in [-0.15, -0.1) is 0 Å². The Morgan fingerprint density at radius 3 is 2.96 bits per heavy atom. The number of thioether (sulfide) groups is 1. The van der Waals surface area contributed by atoms with Crippen LogP contribution < -0.4 is 5.32 Å². The molecule has 0 unspecified atom stereocenters. The van der Waals surface area contributed by atoms with Gasteiger partial charge >= 0.3 is 0 Å². The number of thiazole rings is 1. The zero-order valence-corrected chi connectivity index (χ0v) is 13.3. The number of nitro groups is 1. The van der Waals surface area contributed by atoms with Crippen molar-refractivity contribution in [3.63, 3.8) is 0 Å². The van der Waals surface area contributed by atoms with Crippen LogP contribution in [0.15, 0.2) is 47.6 Å². The second-order valence-electron chi connectivity index (χ2n) is 4.43. The minimum absolute atomic E-state index is 0.00438. The number of non-ortho nitro benzene ring substituents is 1. The molecule has 1 aromatic carbocycles. The predicted molar refractivity (Wildman–Crippen MR) is 89.9 cm³/mol. The summed E-state index contributed by atoms with van der Waals surface area (Å²) in [6.45, 7) is 0. The van der Waals surface area contributed by atoms with Crippen LogP contribution in [-0.4, -0.2) is 26.6 Å². The van der Waals surface area contributed by atoms with Crippen molar-refractivity contribution in [2.75, 3.05) is 11.1 Å². The van der Waals surface area contributed by atoms with Crippen LogP contribution in [0.4, 0.5) is 10.8 Å². The molecule has 3 rings (SSSR count). The number of carbonyl (C=O) groups excluding carboxylic acids is 1. The van der Waals surface area contributed by atoms with Crippen molar-refractivity contribution in [2.24, 2.45) is 0 Å².